The molecule has 1 aromatic heterocycles. The number of aliphatic hydroxyl groups excluding tert-OH is 1. The number of carbonyl (C=O) groups is 2. The van der Waals surface area contributed by atoms with Gasteiger partial charge in [0.2, 0.25) is 0 Å². The highest BCUT2D eigenvalue weighted by Gasteiger charge is 2.43. The Morgan fingerprint density at radius 3 is 2.24 bits per heavy atom. The average molecular weight is 496 g/mol. The van der Waals surface area contributed by atoms with Gasteiger partial charge in [-0.1, -0.05) is 40.7 Å². The maximum absolute atomic E-state index is 12.9. The summed E-state index contributed by atoms with van der Waals surface area (Å²) in [6, 6.07) is 3.62. The number of hydrogen-bond donors (Lipinski definition) is 1. The van der Waals surface area contributed by atoms with E-state index in [4.69, 9.17) is 13.9 Å². The molecule has 0 spiro atoms. The number of rotatable bonds is 9. The maximum Gasteiger partial charge on any atom is 0.418 e. The third kappa shape index (κ3) is 8.39. The fourth-order valence-corrected chi connectivity index (χ4v) is 4.55. The van der Waals surface area contributed by atoms with Crippen LogP contribution in [-0.2, 0) is 18.7 Å². The summed E-state index contributed by atoms with van der Waals surface area (Å²) in [5.74, 6) is -1.16. The van der Waals surface area contributed by atoms with Crippen LogP contribution in [0.2, 0.25) is 18.1 Å². The van der Waals surface area contributed by atoms with Gasteiger partial charge in [0.25, 0.3) is 0 Å². The number of aromatic nitrogens is 1. The van der Waals surface area contributed by atoms with E-state index < -0.39 is 38.2 Å². The molecule has 34 heavy (non-hydrogen) atoms. The van der Waals surface area contributed by atoms with Gasteiger partial charge >= 0.3 is 12.1 Å². The van der Waals surface area contributed by atoms with Gasteiger partial charge in [-0.2, -0.15) is 0 Å². The highest BCUT2D eigenvalue weighted by atomic mass is 28.4. The molecule has 1 aromatic rings. The molecule has 4 atom stereocenters. The van der Waals surface area contributed by atoms with Crippen molar-refractivity contribution in [3.05, 3.63) is 36.2 Å². The first-order valence-corrected chi connectivity index (χ1v) is 14.9. The smallest absolute Gasteiger partial charge is 0.418 e. The van der Waals surface area contributed by atoms with Gasteiger partial charge in [0.15, 0.2) is 8.32 Å². The van der Waals surface area contributed by atoms with Gasteiger partial charge in [-0.25, -0.2) is 9.59 Å². The summed E-state index contributed by atoms with van der Waals surface area (Å²) in [5, 5.41) is 11.1. The third-order valence-corrected chi connectivity index (χ3v) is 10.7. The van der Waals surface area contributed by atoms with Crippen LogP contribution in [0.5, 0.6) is 0 Å². The summed E-state index contributed by atoms with van der Waals surface area (Å²) >= 11 is 0. The molecule has 0 unspecified atom stereocenters. The minimum atomic E-state index is -2.29. The molecule has 0 saturated carbocycles. The summed E-state index contributed by atoms with van der Waals surface area (Å²) in [5.41, 5.74) is -0.0152. The van der Waals surface area contributed by atoms with E-state index in [-0.39, 0.29) is 16.9 Å². The van der Waals surface area contributed by atoms with Crippen LogP contribution in [0.4, 0.5) is 4.79 Å². The number of esters is 1. The Kier molecular flexibility index (Phi) is 10.4. The molecule has 0 fully saturated rings. The minimum absolute atomic E-state index is 0.0747. The van der Waals surface area contributed by atoms with E-state index in [1.807, 2.05) is 40.7 Å². The van der Waals surface area contributed by atoms with Crippen molar-refractivity contribution in [1.29, 1.82) is 0 Å². The van der Waals surface area contributed by atoms with Crippen molar-refractivity contribution < 1.29 is 28.6 Å². The zero-order chi connectivity index (χ0) is 26.5. The van der Waals surface area contributed by atoms with Gasteiger partial charge in [0.05, 0.1) is 24.5 Å². The predicted molar refractivity (Wildman–Crippen MR) is 137 cm³/mol. The first kappa shape index (κ1) is 30.1. The topological polar surface area (TPSA) is 87.0 Å². The summed E-state index contributed by atoms with van der Waals surface area (Å²) < 4.78 is 18.8. The van der Waals surface area contributed by atoms with Gasteiger partial charge in [0, 0.05) is 24.1 Å². The van der Waals surface area contributed by atoms with Gasteiger partial charge in [-0.05, 0) is 58.0 Å². The number of hydrogen-bond acceptors (Lipinski definition) is 6. The van der Waals surface area contributed by atoms with E-state index in [2.05, 4.69) is 33.9 Å². The Morgan fingerprint density at radius 2 is 1.74 bits per heavy atom. The lowest BCUT2D eigenvalue weighted by Crippen LogP contribution is -2.45. The molecule has 0 aliphatic heterocycles. The molecule has 1 rings (SSSR count). The van der Waals surface area contributed by atoms with Crippen LogP contribution < -0.4 is 0 Å². The van der Waals surface area contributed by atoms with Crippen LogP contribution in [0.25, 0.3) is 0 Å². The van der Waals surface area contributed by atoms with Gasteiger partial charge in [-0.3, -0.25) is 4.57 Å². The Labute approximate surface area is 206 Å². The second kappa shape index (κ2) is 11.7. The van der Waals surface area contributed by atoms with E-state index in [0.29, 0.717) is 12.3 Å². The van der Waals surface area contributed by atoms with Crippen molar-refractivity contribution in [1.82, 2.24) is 4.57 Å². The molecule has 1 N–H and O–H groups in total. The zero-order valence-corrected chi connectivity index (χ0v) is 23.8. The zero-order valence-electron chi connectivity index (χ0n) is 22.8. The summed E-state index contributed by atoms with van der Waals surface area (Å²) in [4.78, 5) is 24.7. The summed E-state index contributed by atoms with van der Waals surface area (Å²) in [6.07, 6.45) is 2.77. The van der Waals surface area contributed by atoms with E-state index in [1.165, 1.54) is 10.6 Å². The first-order valence-electron chi connectivity index (χ1n) is 12.0. The number of ether oxygens (including phenoxy) is 2. The van der Waals surface area contributed by atoms with Crippen molar-refractivity contribution >= 4 is 20.4 Å². The summed E-state index contributed by atoms with van der Waals surface area (Å²) in [7, 11) is -2.29. The number of aliphatic hydroxyl groups is 1. The Hall–Kier alpha value is -1.90. The summed E-state index contributed by atoms with van der Waals surface area (Å²) in [6.45, 7) is 22.0. The van der Waals surface area contributed by atoms with Crippen LogP contribution in [0.1, 0.15) is 74.1 Å². The third-order valence-electron chi connectivity index (χ3n) is 6.27. The number of nitrogens with zero attached hydrogens (tertiary/aromatic N) is 1. The van der Waals surface area contributed by atoms with E-state index in [1.54, 1.807) is 25.3 Å². The number of carbonyl (C=O) groups excluding carboxylic acids is 2. The van der Waals surface area contributed by atoms with E-state index in [9.17, 15) is 14.7 Å². The molecule has 0 amide bonds. The second-order valence-corrected chi connectivity index (χ2v) is 16.2. The molecular weight excluding hydrogens is 450 g/mol. The lowest BCUT2D eigenvalue weighted by atomic mass is 9.88. The van der Waals surface area contributed by atoms with Crippen LogP contribution in [-0.4, -0.2) is 48.4 Å². The molecule has 0 bridgehead atoms. The Bertz CT molecular complexity index is 846. The monoisotopic (exact) mass is 495 g/mol. The molecule has 1 heterocycles. The van der Waals surface area contributed by atoms with Crippen LogP contribution in [0, 0.1) is 11.8 Å². The van der Waals surface area contributed by atoms with E-state index >= 15 is 0 Å². The highest BCUT2D eigenvalue weighted by molar-refractivity contribution is 6.74. The molecule has 0 aromatic carbocycles. The average Bonchev–Trinajstić information content (AvgIpc) is 3.17. The standard InChI is InChI=1S/C26H45NO6Si/c1-12-31-21(28)16-15-18(2)22(29)19(3)23(33-34(10,11)26(7,8)9)20-14-13-17-27(20)24(30)32-25(4,5)6/h13-19,22-23,29H,12H2,1-11H3/b16-15+/t18-,19+,22+,23-/m0/s1. The molecular formula is C26H45NO6Si. The van der Waals surface area contributed by atoms with Gasteiger partial charge < -0.3 is 19.0 Å². The molecule has 7 nitrogen and oxygen atoms in total. The SMILES string of the molecule is CCOC(=O)/C=C/[C@H](C)[C@@H](O)[C@@H](C)[C@H](O[Si](C)(C)C(C)(C)C)c1cccn1C(=O)OC(C)(C)C. The second-order valence-electron chi connectivity index (χ2n) is 11.4. The Morgan fingerprint density at radius 1 is 1.15 bits per heavy atom. The fraction of sp³-hybridized carbons (Fsp3) is 0.692. The highest BCUT2D eigenvalue weighted by Crippen LogP contribution is 2.43. The van der Waals surface area contributed by atoms with Crippen molar-refractivity contribution in [2.75, 3.05) is 6.61 Å². The van der Waals surface area contributed by atoms with Crippen molar-refractivity contribution in [2.24, 2.45) is 11.8 Å². The molecule has 0 saturated heterocycles. The fourth-order valence-electron chi connectivity index (χ4n) is 3.23. The quantitative estimate of drug-likeness (QED) is 0.253. The van der Waals surface area contributed by atoms with Crippen molar-refractivity contribution in [3.63, 3.8) is 0 Å². The van der Waals surface area contributed by atoms with Crippen LogP contribution >= 0.6 is 0 Å². The lowest BCUT2D eigenvalue weighted by Gasteiger charge is -2.42. The van der Waals surface area contributed by atoms with Crippen molar-refractivity contribution in [2.45, 2.75) is 98.3 Å². The van der Waals surface area contributed by atoms with Crippen LogP contribution in [0.15, 0.2) is 30.5 Å². The Balaban J connectivity index is 3.37. The molecule has 0 radical (unpaired) electrons. The predicted octanol–water partition coefficient (Wildman–Crippen LogP) is 6.09. The molecule has 0 aliphatic carbocycles. The van der Waals surface area contributed by atoms with Crippen molar-refractivity contribution in [3.8, 4) is 0 Å². The van der Waals surface area contributed by atoms with Gasteiger partial charge in [-0.15, -0.1) is 0 Å². The molecule has 8 heteroatoms. The van der Waals surface area contributed by atoms with Crippen LogP contribution in [0.3, 0.4) is 0 Å². The largest absolute Gasteiger partial charge is 0.463 e. The first-order chi connectivity index (χ1) is 15.4. The normalized spacial score (nSPS) is 16.7. The molecule has 194 valence electrons. The lowest BCUT2D eigenvalue weighted by molar-refractivity contribution is -0.137. The van der Waals surface area contributed by atoms with E-state index in [0.717, 1.165) is 0 Å². The van der Waals surface area contributed by atoms with Gasteiger partial charge in [0.1, 0.15) is 5.60 Å². The minimum Gasteiger partial charge on any atom is -0.463 e. The molecule has 0 aliphatic rings. The maximum atomic E-state index is 12.9.